The zero-order valence-electron chi connectivity index (χ0n) is 11.0. The first-order valence-corrected chi connectivity index (χ1v) is 6.16. The van der Waals surface area contributed by atoms with Gasteiger partial charge in [-0.1, -0.05) is 30.3 Å². The molecule has 0 saturated carbocycles. The summed E-state index contributed by atoms with van der Waals surface area (Å²) in [5, 5.41) is 0. The van der Waals surface area contributed by atoms with Gasteiger partial charge in [0.15, 0.2) is 0 Å². The van der Waals surface area contributed by atoms with Crippen LogP contribution in [0, 0.1) is 0 Å². The van der Waals surface area contributed by atoms with E-state index in [4.69, 9.17) is 15.0 Å². The van der Waals surface area contributed by atoms with Crippen LogP contribution in [0.4, 0.5) is 0 Å². The molecule has 0 aromatic heterocycles. The van der Waals surface area contributed by atoms with E-state index in [1.54, 1.807) is 0 Å². The van der Waals surface area contributed by atoms with E-state index in [2.05, 4.69) is 4.79 Å². The highest BCUT2D eigenvalue weighted by Crippen LogP contribution is 2.03. The Kier molecular flexibility index (Phi) is 7.35. The van der Waals surface area contributed by atoms with Gasteiger partial charge in [0, 0.05) is 6.61 Å². The minimum Gasteiger partial charge on any atom is -0.377 e. The molecule has 0 aliphatic rings. The van der Waals surface area contributed by atoms with E-state index < -0.39 is 0 Å². The third-order valence-corrected chi connectivity index (χ3v) is 2.49. The lowest BCUT2D eigenvalue weighted by Crippen LogP contribution is -2.18. The molecular formula is C14H18N2O3. The average molecular weight is 262 g/mol. The number of ketones is 1. The second kappa shape index (κ2) is 9.16. The first kappa shape index (κ1) is 15.2. The summed E-state index contributed by atoms with van der Waals surface area (Å²) in [6.07, 6.45) is 1.46. The van der Waals surface area contributed by atoms with Crippen molar-refractivity contribution >= 4 is 12.0 Å². The van der Waals surface area contributed by atoms with Crippen LogP contribution in [-0.4, -0.2) is 36.1 Å². The predicted octanol–water partition coefficient (Wildman–Crippen LogP) is 1.87. The van der Waals surface area contributed by atoms with Gasteiger partial charge in [0.1, 0.15) is 6.61 Å². The van der Waals surface area contributed by atoms with Crippen LogP contribution in [0.5, 0.6) is 0 Å². The fourth-order valence-electron chi connectivity index (χ4n) is 1.42. The van der Waals surface area contributed by atoms with Gasteiger partial charge in [0.25, 0.3) is 5.78 Å². The van der Waals surface area contributed by atoms with E-state index in [1.165, 1.54) is 0 Å². The molecule has 0 saturated heterocycles. The van der Waals surface area contributed by atoms with Crippen LogP contribution in [0.25, 0.3) is 5.53 Å². The number of nitrogens with zero attached hydrogens (tertiary/aromatic N) is 2. The third-order valence-electron chi connectivity index (χ3n) is 2.49. The molecule has 0 heterocycles. The minimum absolute atomic E-state index is 0.0770. The number of Topliss-reactive ketones (excluding diaryl/α,β-unsaturated/α-hetero) is 1. The first-order chi connectivity index (χ1) is 9.22. The molecule has 0 radical (unpaired) electrons. The normalized spacial score (nSPS) is 11.6. The van der Waals surface area contributed by atoms with E-state index in [1.807, 2.05) is 37.3 Å². The number of hydrogen-bond donors (Lipinski definition) is 0. The van der Waals surface area contributed by atoms with Crippen molar-refractivity contribution in [2.24, 2.45) is 0 Å². The predicted molar refractivity (Wildman–Crippen MR) is 70.8 cm³/mol. The van der Waals surface area contributed by atoms with E-state index >= 15 is 0 Å². The molecule has 5 heteroatoms. The summed E-state index contributed by atoms with van der Waals surface area (Å²) in [5.41, 5.74) is 9.29. The summed E-state index contributed by atoms with van der Waals surface area (Å²) < 4.78 is 10.8. The lowest BCUT2D eigenvalue weighted by atomic mass is 10.2. The molecule has 0 N–H and O–H groups in total. The molecule has 0 unspecified atom stereocenters. The molecule has 0 bridgehead atoms. The Labute approximate surface area is 112 Å². The molecule has 19 heavy (non-hydrogen) atoms. The monoisotopic (exact) mass is 262 g/mol. The van der Waals surface area contributed by atoms with Crippen molar-refractivity contribution in [1.29, 1.82) is 0 Å². The molecule has 1 atom stereocenters. The van der Waals surface area contributed by atoms with Crippen molar-refractivity contribution in [2.75, 3.05) is 13.2 Å². The summed E-state index contributed by atoms with van der Waals surface area (Å²) in [6, 6.07) is 9.92. The standard InChI is InChI=1S/C14H18N2O3/c1-12(19-11-14(17)9-16-15)7-8-18-10-13-5-3-2-4-6-13/h2-6,9,12H,7-8,10-11H2,1H3/t12-/m1/s1. The molecule has 1 aromatic rings. The number of hydrogen-bond acceptors (Lipinski definition) is 3. The van der Waals surface area contributed by atoms with Crippen LogP contribution < -0.4 is 0 Å². The highest BCUT2D eigenvalue weighted by Gasteiger charge is 2.07. The Morgan fingerprint density at radius 3 is 2.84 bits per heavy atom. The maximum Gasteiger partial charge on any atom is 0.325 e. The zero-order valence-corrected chi connectivity index (χ0v) is 11.0. The molecule has 1 rings (SSSR count). The lowest BCUT2D eigenvalue weighted by molar-refractivity contribution is -0.122. The summed E-state index contributed by atoms with van der Waals surface area (Å²) in [4.78, 5) is 13.6. The number of benzene rings is 1. The highest BCUT2D eigenvalue weighted by molar-refractivity contribution is 6.25. The third kappa shape index (κ3) is 7.26. The molecule has 5 nitrogen and oxygen atoms in total. The molecule has 0 fully saturated rings. The van der Waals surface area contributed by atoms with Gasteiger partial charge in [-0.15, -0.1) is 0 Å². The van der Waals surface area contributed by atoms with Crippen molar-refractivity contribution < 1.29 is 19.1 Å². The smallest absolute Gasteiger partial charge is 0.325 e. The minimum atomic E-state index is -0.362. The molecule has 0 aliphatic heterocycles. The summed E-state index contributed by atoms with van der Waals surface area (Å²) in [5.74, 6) is -0.362. The highest BCUT2D eigenvalue weighted by atomic mass is 16.5. The molecule has 0 aliphatic carbocycles. The average Bonchev–Trinajstić information content (AvgIpc) is 2.43. The van der Waals surface area contributed by atoms with Crippen molar-refractivity contribution in [3.63, 3.8) is 0 Å². The van der Waals surface area contributed by atoms with E-state index in [0.29, 0.717) is 19.6 Å². The van der Waals surface area contributed by atoms with Gasteiger partial charge >= 0.3 is 6.21 Å². The second-order valence-corrected chi connectivity index (χ2v) is 4.16. The zero-order chi connectivity index (χ0) is 13.9. The first-order valence-electron chi connectivity index (χ1n) is 6.16. The van der Waals surface area contributed by atoms with Gasteiger partial charge in [-0.25, -0.2) is 0 Å². The van der Waals surface area contributed by atoms with E-state index in [0.717, 1.165) is 11.8 Å². The quantitative estimate of drug-likeness (QED) is 0.295. The van der Waals surface area contributed by atoms with Gasteiger partial charge in [-0.2, -0.15) is 4.79 Å². The Bertz CT molecular complexity index is 428. The van der Waals surface area contributed by atoms with Crippen molar-refractivity contribution in [3.05, 3.63) is 41.4 Å². The fourth-order valence-corrected chi connectivity index (χ4v) is 1.42. The summed E-state index contributed by atoms with van der Waals surface area (Å²) in [6.45, 7) is 2.93. The fraction of sp³-hybridized carbons (Fsp3) is 0.429. The van der Waals surface area contributed by atoms with Crippen LogP contribution >= 0.6 is 0 Å². The Hall–Kier alpha value is -1.81. The Morgan fingerprint density at radius 1 is 1.42 bits per heavy atom. The van der Waals surface area contributed by atoms with Crippen molar-refractivity contribution in [1.82, 2.24) is 0 Å². The van der Waals surface area contributed by atoms with Gasteiger partial charge in [0.05, 0.1) is 12.7 Å². The van der Waals surface area contributed by atoms with E-state index in [9.17, 15) is 4.79 Å². The lowest BCUT2D eigenvalue weighted by Gasteiger charge is -2.11. The molecular weight excluding hydrogens is 244 g/mol. The maximum absolute atomic E-state index is 11.0. The van der Waals surface area contributed by atoms with Gasteiger partial charge in [-0.3, -0.25) is 4.79 Å². The second-order valence-electron chi connectivity index (χ2n) is 4.16. The summed E-state index contributed by atoms with van der Waals surface area (Å²) >= 11 is 0. The number of carbonyl (C=O) groups is 1. The topological polar surface area (TPSA) is 71.9 Å². The van der Waals surface area contributed by atoms with Crippen LogP contribution in [0.3, 0.4) is 0 Å². The SMILES string of the molecule is C[C@H](CCOCc1ccccc1)OCC(=O)C=[N+]=[N-]. The van der Waals surface area contributed by atoms with Gasteiger partial charge < -0.3 is 15.0 Å². The van der Waals surface area contributed by atoms with Gasteiger partial charge in [-0.05, 0) is 18.9 Å². The number of rotatable bonds is 9. The summed E-state index contributed by atoms with van der Waals surface area (Å²) in [7, 11) is 0. The van der Waals surface area contributed by atoms with Crippen molar-refractivity contribution in [3.8, 4) is 0 Å². The number of ether oxygens (including phenoxy) is 2. The van der Waals surface area contributed by atoms with Crippen LogP contribution in [-0.2, 0) is 20.9 Å². The molecule has 102 valence electrons. The van der Waals surface area contributed by atoms with E-state index in [-0.39, 0.29) is 18.5 Å². The van der Waals surface area contributed by atoms with Crippen LogP contribution in [0.15, 0.2) is 30.3 Å². The molecule has 0 spiro atoms. The number of carbonyl (C=O) groups excluding carboxylic acids is 1. The van der Waals surface area contributed by atoms with Gasteiger partial charge in [0.2, 0.25) is 0 Å². The van der Waals surface area contributed by atoms with Crippen LogP contribution in [0.1, 0.15) is 18.9 Å². The van der Waals surface area contributed by atoms with Crippen molar-refractivity contribution in [2.45, 2.75) is 26.1 Å². The van der Waals surface area contributed by atoms with Crippen LogP contribution in [0.2, 0.25) is 0 Å². The maximum atomic E-state index is 11.0. The largest absolute Gasteiger partial charge is 0.377 e. The molecule has 1 aromatic carbocycles. The molecule has 0 amide bonds. The Balaban J connectivity index is 2.09. The Morgan fingerprint density at radius 2 is 2.16 bits per heavy atom.